The van der Waals surface area contributed by atoms with E-state index in [4.69, 9.17) is 4.74 Å². The predicted octanol–water partition coefficient (Wildman–Crippen LogP) is 2.88. The van der Waals surface area contributed by atoms with Crippen molar-refractivity contribution in [3.8, 4) is 5.69 Å². The van der Waals surface area contributed by atoms with Gasteiger partial charge in [-0.2, -0.15) is 0 Å². The van der Waals surface area contributed by atoms with Crippen LogP contribution in [0.1, 0.15) is 18.4 Å². The number of nitrogens with zero attached hydrogens (tertiary/aromatic N) is 5. The zero-order valence-electron chi connectivity index (χ0n) is 15.4. The van der Waals surface area contributed by atoms with Crippen LogP contribution in [0.3, 0.4) is 0 Å². The van der Waals surface area contributed by atoms with Gasteiger partial charge >= 0.3 is 6.03 Å². The highest BCUT2D eigenvalue weighted by Crippen LogP contribution is 2.18. The fraction of sp³-hybridized carbons (Fsp3) is 0.300. The first kappa shape index (κ1) is 18.1. The molecule has 1 N–H and O–H groups in total. The normalized spacial score (nSPS) is 16.7. The fourth-order valence-electron chi connectivity index (χ4n) is 3.26. The first-order chi connectivity index (χ1) is 13.8. The van der Waals surface area contributed by atoms with E-state index in [1.807, 2.05) is 59.5 Å². The maximum atomic E-state index is 12.7. The Labute approximate surface area is 163 Å². The molecule has 2 amide bonds. The number of hydrogen-bond donors (Lipinski definition) is 1. The maximum absolute atomic E-state index is 12.7. The Morgan fingerprint density at radius 2 is 2.07 bits per heavy atom. The van der Waals surface area contributed by atoms with Crippen LogP contribution < -0.4 is 5.32 Å². The summed E-state index contributed by atoms with van der Waals surface area (Å²) in [5, 5.41) is 14.1. The van der Waals surface area contributed by atoms with Gasteiger partial charge in [0.2, 0.25) is 0 Å². The molecule has 8 heteroatoms. The number of aromatic nitrogens is 4. The maximum Gasteiger partial charge on any atom is 0.321 e. The van der Waals surface area contributed by atoms with E-state index in [-0.39, 0.29) is 12.1 Å². The van der Waals surface area contributed by atoms with Crippen molar-refractivity contribution in [2.75, 3.05) is 18.4 Å². The summed E-state index contributed by atoms with van der Waals surface area (Å²) in [5.41, 5.74) is 2.62. The van der Waals surface area contributed by atoms with E-state index in [1.54, 1.807) is 4.68 Å². The predicted molar refractivity (Wildman–Crippen MR) is 104 cm³/mol. The molecule has 2 aromatic carbocycles. The summed E-state index contributed by atoms with van der Waals surface area (Å²) in [4.78, 5) is 14.5. The number of rotatable bonds is 5. The second kappa shape index (κ2) is 8.62. The van der Waals surface area contributed by atoms with Gasteiger partial charge in [0.05, 0.1) is 18.4 Å². The summed E-state index contributed by atoms with van der Waals surface area (Å²) in [5.74, 6) is 0. The minimum atomic E-state index is -0.123. The van der Waals surface area contributed by atoms with Crippen molar-refractivity contribution in [2.45, 2.75) is 25.6 Å². The number of carbonyl (C=O) groups excluding carboxylic acids is 1. The lowest BCUT2D eigenvalue weighted by atomic mass is 10.1. The van der Waals surface area contributed by atoms with Crippen molar-refractivity contribution in [3.05, 3.63) is 66.5 Å². The molecule has 1 fully saturated rings. The number of anilines is 1. The van der Waals surface area contributed by atoms with Crippen molar-refractivity contribution in [1.29, 1.82) is 0 Å². The third-order valence-corrected chi connectivity index (χ3v) is 4.70. The smallest absolute Gasteiger partial charge is 0.321 e. The highest BCUT2D eigenvalue weighted by atomic mass is 16.5. The Bertz CT molecular complexity index is 900. The fourth-order valence-corrected chi connectivity index (χ4v) is 3.26. The van der Waals surface area contributed by atoms with Crippen LogP contribution in [0.5, 0.6) is 0 Å². The van der Waals surface area contributed by atoms with E-state index in [0.29, 0.717) is 18.8 Å². The van der Waals surface area contributed by atoms with E-state index in [0.717, 1.165) is 30.6 Å². The molecule has 144 valence electrons. The lowest BCUT2D eigenvalue weighted by Crippen LogP contribution is -2.45. The minimum absolute atomic E-state index is 0.0484. The summed E-state index contributed by atoms with van der Waals surface area (Å²) >= 11 is 0. The Kier molecular flexibility index (Phi) is 5.58. The van der Waals surface area contributed by atoms with Crippen LogP contribution in [0.15, 0.2) is 60.9 Å². The molecule has 0 aliphatic carbocycles. The van der Waals surface area contributed by atoms with Crippen LogP contribution in [0.2, 0.25) is 0 Å². The quantitative estimate of drug-likeness (QED) is 0.738. The van der Waals surface area contributed by atoms with Crippen LogP contribution in [0.25, 0.3) is 5.69 Å². The van der Waals surface area contributed by atoms with Gasteiger partial charge in [0.15, 0.2) is 0 Å². The molecule has 1 aromatic heterocycles. The largest absolute Gasteiger partial charge is 0.372 e. The number of piperidine rings is 1. The molecule has 1 aliphatic rings. The van der Waals surface area contributed by atoms with E-state index in [1.165, 1.54) is 6.33 Å². The van der Waals surface area contributed by atoms with Gasteiger partial charge in [0.25, 0.3) is 0 Å². The number of hydrogen-bond acceptors (Lipinski definition) is 5. The number of benzene rings is 2. The van der Waals surface area contributed by atoms with Gasteiger partial charge in [-0.1, -0.05) is 36.4 Å². The Morgan fingerprint density at radius 1 is 1.18 bits per heavy atom. The zero-order valence-corrected chi connectivity index (χ0v) is 15.4. The van der Waals surface area contributed by atoms with Crippen molar-refractivity contribution in [2.24, 2.45) is 0 Å². The number of likely N-dealkylation sites (tertiary alicyclic amines) is 1. The van der Waals surface area contributed by atoms with Crippen molar-refractivity contribution >= 4 is 11.7 Å². The molecule has 2 heterocycles. The Hall–Kier alpha value is -3.26. The minimum Gasteiger partial charge on any atom is -0.372 e. The number of carbonyl (C=O) groups is 1. The van der Waals surface area contributed by atoms with Crippen molar-refractivity contribution < 1.29 is 9.53 Å². The van der Waals surface area contributed by atoms with Crippen LogP contribution in [0.4, 0.5) is 10.5 Å². The van der Waals surface area contributed by atoms with Crippen molar-refractivity contribution in [3.63, 3.8) is 0 Å². The summed E-state index contributed by atoms with van der Waals surface area (Å²) in [7, 11) is 0. The number of ether oxygens (including phenoxy) is 1. The van der Waals surface area contributed by atoms with Crippen LogP contribution >= 0.6 is 0 Å². The topological polar surface area (TPSA) is 85.2 Å². The number of amides is 2. The molecule has 3 aromatic rings. The third-order valence-electron chi connectivity index (χ3n) is 4.70. The average Bonchev–Trinajstić information content (AvgIpc) is 3.28. The average molecular weight is 378 g/mol. The van der Waals surface area contributed by atoms with Gasteiger partial charge in [-0.15, -0.1) is 5.10 Å². The van der Waals surface area contributed by atoms with Gasteiger partial charge in [-0.25, -0.2) is 9.48 Å². The molecule has 8 nitrogen and oxygen atoms in total. The lowest BCUT2D eigenvalue weighted by Gasteiger charge is -2.32. The Morgan fingerprint density at radius 3 is 2.89 bits per heavy atom. The van der Waals surface area contributed by atoms with E-state index < -0.39 is 0 Å². The molecule has 0 spiro atoms. The lowest BCUT2D eigenvalue weighted by molar-refractivity contribution is 0.00102. The first-order valence-electron chi connectivity index (χ1n) is 9.33. The highest BCUT2D eigenvalue weighted by Gasteiger charge is 2.24. The molecule has 0 unspecified atom stereocenters. The SMILES string of the molecule is O=C(Nc1cccc(-n2cnnn2)c1)N1CCC[C@@H](OCc2ccccc2)C1. The zero-order chi connectivity index (χ0) is 19.2. The first-order valence-corrected chi connectivity index (χ1v) is 9.33. The summed E-state index contributed by atoms with van der Waals surface area (Å²) in [6, 6.07) is 17.4. The van der Waals surface area contributed by atoms with E-state index in [2.05, 4.69) is 20.8 Å². The van der Waals surface area contributed by atoms with Gasteiger partial charge in [-0.05, 0) is 47.0 Å². The summed E-state index contributed by atoms with van der Waals surface area (Å²) in [6.07, 6.45) is 3.45. The molecule has 4 rings (SSSR count). The molecule has 0 saturated carbocycles. The van der Waals surface area contributed by atoms with Crippen LogP contribution in [-0.4, -0.2) is 50.3 Å². The molecule has 0 radical (unpaired) electrons. The van der Waals surface area contributed by atoms with Gasteiger partial charge in [0, 0.05) is 18.8 Å². The summed E-state index contributed by atoms with van der Waals surface area (Å²) in [6.45, 7) is 1.88. The third kappa shape index (κ3) is 4.52. The van der Waals surface area contributed by atoms with Gasteiger partial charge in [0.1, 0.15) is 6.33 Å². The van der Waals surface area contributed by atoms with Gasteiger partial charge < -0.3 is 15.0 Å². The monoisotopic (exact) mass is 378 g/mol. The molecular weight excluding hydrogens is 356 g/mol. The molecule has 28 heavy (non-hydrogen) atoms. The van der Waals surface area contributed by atoms with Crippen LogP contribution in [0, 0.1) is 0 Å². The molecular formula is C20H22N6O2. The standard InChI is InChI=1S/C20H22N6O2/c27-20(22-17-8-4-9-18(12-17)26-15-21-23-24-26)25-11-5-10-19(13-25)28-14-16-6-2-1-3-7-16/h1-4,6-9,12,15,19H,5,10-11,13-14H2,(H,22,27)/t19-/m1/s1. The van der Waals surface area contributed by atoms with Crippen molar-refractivity contribution in [1.82, 2.24) is 25.1 Å². The second-order valence-corrected chi connectivity index (χ2v) is 6.74. The molecule has 1 saturated heterocycles. The Balaban J connectivity index is 1.33. The number of tetrazole rings is 1. The summed E-state index contributed by atoms with van der Waals surface area (Å²) < 4.78 is 7.57. The van der Waals surface area contributed by atoms with E-state index in [9.17, 15) is 4.79 Å². The molecule has 0 bridgehead atoms. The van der Waals surface area contributed by atoms with Gasteiger partial charge in [-0.3, -0.25) is 0 Å². The van der Waals surface area contributed by atoms with Crippen LogP contribution in [-0.2, 0) is 11.3 Å². The second-order valence-electron chi connectivity index (χ2n) is 6.74. The highest BCUT2D eigenvalue weighted by molar-refractivity contribution is 5.89. The number of urea groups is 1. The number of nitrogens with one attached hydrogen (secondary N) is 1. The molecule has 1 atom stereocenters. The molecule has 1 aliphatic heterocycles. The van der Waals surface area contributed by atoms with E-state index >= 15 is 0 Å².